The van der Waals surface area contributed by atoms with E-state index in [0.29, 0.717) is 38.2 Å². The van der Waals surface area contributed by atoms with Crippen LogP contribution in [0.3, 0.4) is 0 Å². The second kappa shape index (κ2) is 8.99. The summed E-state index contributed by atoms with van der Waals surface area (Å²) in [4.78, 5) is 38.1. The Labute approximate surface area is 209 Å². The topological polar surface area (TPSA) is 120 Å². The standard InChI is InChI=1S/C26H30N8O2/c1-25(2,3)14-20-21(31-34-11-6-19(15-27)29-22(20)34)17-32-12-7-26(8-13-32)23(35)33(24(36)30-26)16-18-4-9-28-10-5-18/h4-6,9-11H,7-8,12-14,16-17H2,1-3H3,(H,30,36). The highest BCUT2D eigenvalue weighted by atomic mass is 16.2. The molecule has 3 aromatic rings. The highest BCUT2D eigenvalue weighted by Crippen LogP contribution is 2.32. The molecule has 0 aromatic carbocycles. The van der Waals surface area contributed by atoms with E-state index in [9.17, 15) is 14.9 Å². The van der Waals surface area contributed by atoms with Crippen molar-refractivity contribution in [3.8, 4) is 6.07 Å². The van der Waals surface area contributed by atoms with Crippen molar-refractivity contribution in [3.05, 3.63) is 59.3 Å². The Morgan fingerprint density at radius 3 is 2.50 bits per heavy atom. The number of urea groups is 1. The fourth-order valence-corrected chi connectivity index (χ4v) is 5.06. The van der Waals surface area contributed by atoms with Crippen molar-refractivity contribution in [2.45, 2.75) is 58.7 Å². The maximum absolute atomic E-state index is 13.3. The lowest BCUT2D eigenvalue weighted by Crippen LogP contribution is -2.54. The van der Waals surface area contributed by atoms with Gasteiger partial charge >= 0.3 is 6.03 Å². The van der Waals surface area contributed by atoms with Gasteiger partial charge in [0.05, 0.1) is 12.2 Å². The Bertz CT molecular complexity index is 1340. The van der Waals surface area contributed by atoms with Crippen molar-refractivity contribution in [2.24, 2.45) is 5.41 Å². The van der Waals surface area contributed by atoms with Crippen LogP contribution in [0.1, 0.15) is 56.1 Å². The van der Waals surface area contributed by atoms with E-state index < -0.39 is 5.54 Å². The first-order valence-electron chi connectivity index (χ1n) is 12.2. The number of carbonyl (C=O) groups excluding carboxylic acids is 2. The Morgan fingerprint density at radius 2 is 1.83 bits per heavy atom. The Balaban J connectivity index is 1.31. The smallest absolute Gasteiger partial charge is 0.323 e. The fourth-order valence-electron chi connectivity index (χ4n) is 5.06. The summed E-state index contributed by atoms with van der Waals surface area (Å²) in [5.41, 5.74) is 3.12. The quantitative estimate of drug-likeness (QED) is 0.551. The van der Waals surface area contributed by atoms with E-state index in [1.807, 2.05) is 12.1 Å². The van der Waals surface area contributed by atoms with Gasteiger partial charge in [-0.1, -0.05) is 20.8 Å². The van der Waals surface area contributed by atoms with E-state index in [-0.39, 0.29) is 23.9 Å². The number of hydrogen-bond donors (Lipinski definition) is 1. The monoisotopic (exact) mass is 486 g/mol. The highest BCUT2D eigenvalue weighted by molar-refractivity contribution is 6.07. The number of imide groups is 1. The number of nitrogens with one attached hydrogen (secondary N) is 1. The number of likely N-dealkylation sites (tertiary alicyclic amines) is 1. The molecule has 2 saturated heterocycles. The number of rotatable bonds is 5. The SMILES string of the molecule is CC(C)(C)Cc1c(CN2CCC3(CC2)NC(=O)N(Cc2ccncc2)C3=O)nn2ccc(C#N)nc12. The van der Waals surface area contributed by atoms with Crippen molar-refractivity contribution >= 4 is 17.6 Å². The lowest BCUT2D eigenvalue weighted by Gasteiger charge is -2.37. The number of hydrogen-bond acceptors (Lipinski definition) is 7. The first kappa shape index (κ1) is 23.9. The summed E-state index contributed by atoms with van der Waals surface area (Å²) >= 11 is 0. The molecular weight excluding hydrogens is 456 g/mol. The van der Waals surface area contributed by atoms with Gasteiger partial charge in [-0.2, -0.15) is 10.4 Å². The summed E-state index contributed by atoms with van der Waals surface area (Å²) in [6.45, 7) is 8.70. The van der Waals surface area contributed by atoms with Crippen molar-refractivity contribution in [3.63, 3.8) is 0 Å². The zero-order valence-electron chi connectivity index (χ0n) is 20.9. The highest BCUT2D eigenvalue weighted by Gasteiger charge is 2.52. The lowest BCUT2D eigenvalue weighted by molar-refractivity contribution is -0.133. The minimum Gasteiger partial charge on any atom is -0.323 e. The van der Waals surface area contributed by atoms with Gasteiger partial charge in [-0.3, -0.25) is 19.6 Å². The van der Waals surface area contributed by atoms with E-state index in [2.05, 4.69) is 47.0 Å². The molecule has 2 fully saturated rings. The summed E-state index contributed by atoms with van der Waals surface area (Å²) < 4.78 is 1.75. The Hall–Kier alpha value is -3.84. The molecule has 2 aliphatic heterocycles. The van der Waals surface area contributed by atoms with E-state index in [1.165, 1.54) is 4.90 Å². The predicted octanol–water partition coefficient (Wildman–Crippen LogP) is 2.67. The lowest BCUT2D eigenvalue weighted by atomic mass is 9.86. The van der Waals surface area contributed by atoms with Crippen LogP contribution >= 0.6 is 0 Å². The average molecular weight is 487 g/mol. The van der Waals surface area contributed by atoms with Gasteiger partial charge in [-0.15, -0.1) is 0 Å². The van der Waals surface area contributed by atoms with E-state index in [0.717, 1.165) is 28.9 Å². The number of fused-ring (bicyclic) bond motifs is 1. The largest absolute Gasteiger partial charge is 0.325 e. The summed E-state index contributed by atoms with van der Waals surface area (Å²) in [5.74, 6) is -0.154. The molecule has 0 radical (unpaired) electrons. The van der Waals surface area contributed by atoms with Gasteiger partial charge in [0, 0.05) is 43.8 Å². The van der Waals surface area contributed by atoms with Crippen LogP contribution in [0.5, 0.6) is 0 Å². The summed E-state index contributed by atoms with van der Waals surface area (Å²) in [5, 5.41) is 17.1. The molecule has 0 saturated carbocycles. The second-order valence-electron chi connectivity index (χ2n) is 10.9. The van der Waals surface area contributed by atoms with Gasteiger partial charge in [-0.05, 0) is 48.4 Å². The average Bonchev–Trinajstić information content (AvgIpc) is 3.29. The molecule has 1 N–H and O–H groups in total. The van der Waals surface area contributed by atoms with Crippen LogP contribution in [0, 0.1) is 16.7 Å². The van der Waals surface area contributed by atoms with Crippen molar-refractivity contribution in [2.75, 3.05) is 13.1 Å². The number of pyridine rings is 1. The molecule has 5 rings (SSSR count). The number of nitrogens with zero attached hydrogens (tertiary/aromatic N) is 7. The third-order valence-corrected chi connectivity index (χ3v) is 6.90. The Kier molecular flexibility index (Phi) is 5.96. The van der Waals surface area contributed by atoms with Gasteiger partial charge in [0.15, 0.2) is 5.65 Å². The molecule has 3 amide bonds. The van der Waals surface area contributed by atoms with E-state index in [4.69, 9.17) is 5.10 Å². The number of nitriles is 1. The van der Waals surface area contributed by atoms with Crippen molar-refractivity contribution < 1.29 is 9.59 Å². The molecule has 2 aliphatic rings. The molecule has 10 nitrogen and oxygen atoms in total. The van der Waals surface area contributed by atoms with Crippen LogP contribution in [0.4, 0.5) is 4.79 Å². The Morgan fingerprint density at radius 1 is 1.11 bits per heavy atom. The van der Waals surface area contributed by atoms with Crippen LogP contribution in [0.25, 0.3) is 5.65 Å². The summed E-state index contributed by atoms with van der Waals surface area (Å²) in [6, 6.07) is 7.07. The molecule has 0 unspecified atom stereocenters. The number of amides is 3. The van der Waals surface area contributed by atoms with Crippen molar-refractivity contribution in [1.82, 2.24) is 34.7 Å². The molecule has 1 spiro atoms. The zero-order valence-corrected chi connectivity index (χ0v) is 20.9. The molecule has 36 heavy (non-hydrogen) atoms. The summed E-state index contributed by atoms with van der Waals surface area (Å²) in [6.07, 6.45) is 6.97. The first-order chi connectivity index (χ1) is 17.2. The normalized spacial score (nSPS) is 18.1. The second-order valence-corrected chi connectivity index (χ2v) is 10.9. The van der Waals surface area contributed by atoms with Gasteiger partial charge in [-0.25, -0.2) is 14.3 Å². The third-order valence-electron chi connectivity index (χ3n) is 6.90. The van der Waals surface area contributed by atoms with Gasteiger partial charge < -0.3 is 5.32 Å². The predicted molar refractivity (Wildman–Crippen MR) is 131 cm³/mol. The first-order valence-corrected chi connectivity index (χ1v) is 12.2. The van der Waals surface area contributed by atoms with E-state index >= 15 is 0 Å². The van der Waals surface area contributed by atoms with Gasteiger partial charge in [0.1, 0.15) is 17.3 Å². The molecule has 0 atom stereocenters. The fraction of sp³-hybridized carbons (Fsp3) is 0.462. The maximum Gasteiger partial charge on any atom is 0.325 e. The molecule has 10 heteroatoms. The number of carbonyl (C=O) groups is 2. The number of piperidine rings is 1. The maximum atomic E-state index is 13.3. The summed E-state index contributed by atoms with van der Waals surface area (Å²) in [7, 11) is 0. The van der Waals surface area contributed by atoms with Crippen molar-refractivity contribution in [1.29, 1.82) is 5.26 Å². The number of aromatic nitrogens is 4. The molecule has 3 aromatic heterocycles. The molecule has 186 valence electrons. The van der Waals surface area contributed by atoms with E-state index in [1.54, 1.807) is 29.2 Å². The van der Waals surface area contributed by atoms with Gasteiger partial charge in [0.25, 0.3) is 5.91 Å². The van der Waals surface area contributed by atoms with Crippen LogP contribution in [0.15, 0.2) is 36.8 Å². The van der Waals surface area contributed by atoms with Crippen LogP contribution < -0.4 is 5.32 Å². The third kappa shape index (κ3) is 4.54. The zero-order chi connectivity index (χ0) is 25.5. The minimum atomic E-state index is -0.850. The molecular formula is C26H30N8O2. The van der Waals surface area contributed by atoms with Crippen LogP contribution in [-0.4, -0.2) is 59.9 Å². The van der Waals surface area contributed by atoms with Crippen LogP contribution in [-0.2, 0) is 24.3 Å². The molecule has 0 bridgehead atoms. The van der Waals surface area contributed by atoms with Crippen LogP contribution in [0.2, 0.25) is 0 Å². The molecule has 0 aliphatic carbocycles. The van der Waals surface area contributed by atoms with Gasteiger partial charge in [0.2, 0.25) is 0 Å². The molecule has 5 heterocycles. The minimum absolute atomic E-state index is 0.0212.